The molecule has 0 spiro atoms. The molecule has 1 saturated heterocycles. The van der Waals surface area contributed by atoms with E-state index < -0.39 is 0 Å². The second-order valence-electron chi connectivity index (χ2n) is 7.58. The molecule has 1 heterocycles. The summed E-state index contributed by atoms with van der Waals surface area (Å²) in [4.78, 5) is 21.0. The normalized spacial score (nSPS) is 19.4. The highest BCUT2D eigenvalue weighted by Gasteiger charge is 2.30. The van der Waals surface area contributed by atoms with Crippen molar-refractivity contribution in [3.8, 4) is 0 Å². The van der Waals surface area contributed by atoms with Crippen LogP contribution in [0.25, 0.3) is 0 Å². The zero-order chi connectivity index (χ0) is 19.4. The van der Waals surface area contributed by atoms with Crippen LogP contribution in [0.5, 0.6) is 0 Å². The van der Waals surface area contributed by atoms with Gasteiger partial charge in [0.15, 0.2) is 5.96 Å². The van der Waals surface area contributed by atoms with Crippen LogP contribution in [0.2, 0.25) is 0 Å². The van der Waals surface area contributed by atoms with E-state index in [4.69, 9.17) is 4.99 Å². The molecule has 2 unspecified atom stereocenters. The van der Waals surface area contributed by atoms with E-state index in [1.165, 1.54) is 25.7 Å². The predicted octanol–water partition coefficient (Wildman–Crippen LogP) is 2.45. The van der Waals surface area contributed by atoms with Crippen LogP contribution in [0.4, 0.5) is 0 Å². The van der Waals surface area contributed by atoms with Crippen molar-refractivity contribution in [2.75, 3.05) is 40.3 Å². The van der Waals surface area contributed by atoms with Gasteiger partial charge >= 0.3 is 0 Å². The molecule has 0 radical (unpaired) electrons. The minimum Gasteiger partial charge on any atom is -0.357 e. The molecule has 6 heteroatoms. The number of carbonyl (C=O) groups is 1. The second-order valence-corrected chi connectivity index (χ2v) is 7.58. The number of likely N-dealkylation sites (N-methyl/N-ethyl adjacent to an activating group) is 1. The predicted molar refractivity (Wildman–Crippen MR) is 111 cm³/mol. The Balaban J connectivity index is 2.39. The first-order valence-electron chi connectivity index (χ1n) is 10.5. The van der Waals surface area contributed by atoms with Crippen LogP contribution in [0, 0.1) is 0 Å². The van der Waals surface area contributed by atoms with Crippen LogP contribution in [0.3, 0.4) is 0 Å². The number of hydrogen-bond acceptors (Lipinski definition) is 3. The third kappa shape index (κ3) is 8.39. The van der Waals surface area contributed by atoms with Gasteiger partial charge in [0.05, 0.1) is 6.04 Å². The largest absolute Gasteiger partial charge is 0.357 e. The van der Waals surface area contributed by atoms with Crippen molar-refractivity contribution in [2.24, 2.45) is 4.99 Å². The second kappa shape index (κ2) is 13.0. The van der Waals surface area contributed by atoms with Crippen molar-refractivity contribution in [3.05, 3.63) is 0 Å². The van der Waals surface area contributed by atoms with Gasteiger partial charge in [0.2, 0.25) is 5.91 Å². The van der Waals surface area contributed by atoms with Crippen LogP contribution in [-0.2, 0) is 4.79 Å². The van der Waals surface area contributed by atoms with Gasteiger partial charge in [0.25, 0.3) is 0 Å². The molecule has 1 aliphatic heterocycles. The van der Waals surface area contributed by atoms with Gasteiger partial charge in [-0.25, -0.2) is 0 Å². The zero-order valence-corrected chi connectivity index (χ0v) is 17.7. The van der Waals surface area contributed by atoms with Gasteiger partial charge in [-0.1, -0.05) is 26.2 Å². The molecule has 1 aliphatic rings. The average molecular weight is 368 g/mol. The maximum atomic E-state index is 12.2. The summed E-state index contributed by atoms with van der Waals surface area (Å²) in [5, 5.41) is 6.85. The van der Waals surface area contributed by atoms with Gasteiger partial charge < -0.3 is 15.5 Å². The van der Waals surface area contributed by atoms with Crippen LogP contribution < -0.4 is 10.6 Å². The monoisotopic (exact) mass is 367 g/mol. The average Bonchev–Trinajstić information content (AvgIpc) is 3.06. The Hall–Kier alpha value is -1.30. The van der Waals surface area contributed by atoms with Crippen molar-refractivity contribution < 1.29 is 4.79 Å². The van der Waals surface area contributed by atoms with Crippen molar-refractivity contribution in [3.63, 3.8) is 0 Å². The number of amides is 1. The zero-order valence-electron chi connectivity index (χ0n) is 17.7. The molecule has 2 atom stereocenters. The van der Waals surface area contributed by atoms with Crippen LogP contribution in [0.15, 0.2) is 4.99 Å². The smallest absolute Gasteiger partial charge is 0.239 e. The van der Waals surface area contributed by atoms with E-state index in [2.05, 4.69) is 36.3 Å². The summed E-state index contributed by atoms with van der Waals surface area (Å²) in [6.07, 6.45) is 8.09. The van der Waals surface area contributed by atoms with Gasteiger partial charge in [-0.2, -0.15) is 0 Å². The van der Waals surface area contributed by atoms with E-state index in [0.29, 0.717) is 6.04 Å². The number of likely N-dealkylation sites (tertiary alicyclic amines) is 1. The van der Waals surface area contributed by atoms with Gasteiger partial charge in [-0.15, -0.1) is 0 Å². The Bertz CT molecular complexity index is 424. The van der Waals surface area contributed by atoms with Crippen molar-refractivity contribution in [1.82, 2.24) is 20.4 Å². The number of rotatable bonds is 11. The highest BCUT2D eigenvalue weighted by atomic mass is 16.2. The summed E-state index contributed by atoms with van der Waals surface area (Å²) in [5.74, 6) is 1.15. The molecule has 2 N–H and O–H groups in total. The standard InChI is InChI=1S/C20H41N5O/c1-6-8-9-12-17(3)23-20(21-7-2)22-14-11-16-25-15-10-13-18(25)19(26)24(4)5/h17-18H,6-16H2,1-5H3,(H2,21,22,23). The molecule has 1 fully saturated rings. The summed E-state index contributed by atoms with van der Waals surface area (Å²) >= 11 is 0. The van der Waals surface area contributed by atoms with Crippen molar-refractivity contribution in [2.45, 2.75) is 77.8 Å². The summed E-state index contributed by atoms with van der Waals surface area (Å²) < 4.78 is 0. The summed E-state index contributed by atoms with van der Waals surface area (Å²) in [5.41, 5.74) is 0. The Morgan fingerprint density at radius 1 is 1.27 bits per heavy atom. The van der Waals surface area contributed by atoms with E-state index in [0.717, 1.165) is 51.4 Å². The molecule has 152 valence electrons. The quantitative estimate of drug-likeness (QED) is 0.335. The molecule has 0 aromatic carbocycles. The van der Waals surface area contributed by atoms with E-state index in [-0.39, 0.29) is 11.9 Å². The van der Waals surface area contributed by atoms with Gasteiger partial charge in [0.1, 0.15) is 0 Å². The van der Waals surface area contributed by atoms with E-state index >= 15 is 0 Å². The number of aliphatic imine (C=N–C) groups is 1. The number of unbranched alkanes of at least 4 members (excludes halogenated alkanes) is 2. The molecule has 0 aromatic heterocycles. The molecular formula is C20H41N5O. The fraction of sp³-hybridized carbons (Fsp3) is 0.900. The van der Waals surface area contributed by atoms with E-state index in [1.807, 2.05) is 14.1 Å². The molecule has 1 amide bonds. The molecule has 0 aliphatic carbocycles. The van der Waals surface area contributed by atoms with Gasteiger partial charge in [-0.3, -0.25) is 14.7 Å². The number of hydrogen-bond donors (Lipinski definition) is 2. The number of guanidine groups is 1. The minimum absolute atomic E-state index is 0.0685. The van der Waals surface area contributed by atoms with Crippen molar-refractivity contribution >= 4 is 11.9 Å². The van der Waals surface area contributed by atoms with Crippen LogP contribution in [0.1, 0.15) is 65.7 Å². The lowest BCUT2D eigenvalue weighted by molar-refractivity contribution is -0.133. The third-order valence-electron chi connectivity index (χ3n) is 4.93. The fourth-order valence-electron chi connectivity index (χ4n) is 3.46. The molecule has 1 rings (SSSR count). The Labute approximate surface area is 160 Å². The van der Waals surface area contributed by atoms with E-state index in [1.54, 1.807) is 4.90 Å². The lowest BCUT2D eigenvalue weighted by Crippen LogP contribution is -2.43. The molecule has 0 bridgehead atoms. The number of carbonyl (C=O) groups excluding carboxylic acids is 1. The fourth-order valence-corrected chi connectivity index (χ4v) is 3.46. The van der Waals surface area contributed by atoms with Crippen molar-refractivity contribution in [1.29, 1.82) is 0 Å². The van der Waals surface area contributed by atoms with E-state index in [9.17, 15) is 4.79 Å². The number of nitrogens with one attached hydrogen (secondary N) is 2. The summed E-state index contributed by atoms with van der Waals surface area (Å²) in [6, 6.07) is 0.513. The molecule has 6 nitrogen and oxygen atoms in total. The SMILES string of the molecule is CCCCCC(C)NC(=NCCCN1CCCC1C(=O)N(C)C)NCC. The first kappa shape index (κ1) is 22.7. The first-order chi connectivity index (χ1) is 12.5. The summed E-state index contributed by atoms with van der Waals surface area (Å²) in [6.45, 7) is 10.2. The first-order valence-corrected chi connectivity index (χ1v) is 10.5. The maximum Gasteiger partial charge on any atom is 0.239 e. The molecule has 26 heavy (non-hydrogen) atoms. The highest BCUT2D eigenvalue weighted by Crippen LogP contribution is 2.18. The molecule has 0 aromatic rings. The van der Waals surface area contributed by atoms with Gasteiger partial charge in [-0.05, 0) is 46.1 Å². The summed E-state index contributed by atoms with van der Waals surface area (Å²) in [7, 11) is 3.69. The lowest BCUT2D eigenvalue weighted by atomic mass is 10.1. The van der Waals surface area contributed by atoms with Crippen LogP contribution >= 0.6 is 0 Å². The Morgan fingerprint density at radius 2 is 2.04 bits per heavy atom. The number of nitrogens with zero attached hydrogens (tertiary/aromatic N) is 3. The maximum absolute atomic E-state index is 12.2. The Morgan fingerprint density at radius 3 is 2.69 bits per heavy atom. The van der Waals surface area contributed by atoms with Crippen LogP contribution in [-0.4, -0.2) is 74.0 Å². The Kier molecular flexibility index (Phi) is 11.3. The molecule has 0 saturated carbocycles. The topological polar surface area (TPSA) is 60.0 Å². The third-order valence-corrected chi connectivity index (χ3v) is 4.93. The van der Waals surface area contributed by atoms with Gasteiger partial charge in [0, 0.05) is 39.8 Å². The lowest BCUT2D eigenvalue weighted by Gasteiger charge is -2.25. The molecular weight excluding hydrogens is 326 g/mol. The minimum atomic E-state index is 0.0685. The highest BCUT2D eigenvalue weighted by molar-refractivity contribution is 5.81.